The zero-order chi connectivity index (χ0) is 23.9. The summed E-state index contributed by atoms with van der Waals surface area (Å²) in [5.41, 5.74) is 4.49. The minimum absolute atomic E-state index is 0.126. The number of hydrogen-bond donors (Lipinski definition) is 0. The largest absolute Gasteiger partial charge is 0.497 e. The van der Waals surface area contributed by atoms with Crippen LogP contribution in [0.5, 0.6) is 28.7 Å². The van der Waals surface area contributed by atoms with Gasteiger partial charge in [0.15, 0.2) is 17.3 Å². The zero-order valence-electron chi connectivity index (χ0n) is 19.6. The third-order valence-corrected chi connectivity index (χ3v) is 6.57. The van der Waals surface area contributed by atoms with Gasteiger partial charge in [-0.25, -0.2) is 0 Å². The maximum Gasteiger partial charge on any atom is 0.231 e. The van der Waals surface area contributed by atoms with Gasteiger partial charge in [0, 0.05) is 24.2 Å². The van der Waals surface area contributed by atoms with Gasteiger partial charge in [-0.2, -0.15) is 0 Å². The molecule has 35 heavy (non-hydrogen) atoms. The standard InChI is InChI=1S/C28H25NO6/c1-17-27-20(14-29(15-32-27)10-9-18-3-6-21(31-2)7-4-18)13-22-26(30)25(35-28(17)22)12-19-5-8-23-24(11-19)34-16-33-23/h3-8,11-13H,9-10,14-16H2,1-2H3/b25-12-. The Morgan fingerprint density at radius 1 is 1.00 bits per heavy atom. The molecule has 178 valence electrons. The van der Waals surface area contributed by atoms with Crippen LogP contribution in [0.4, 0.5) is 0 Å². The first kappa shape index (κ1) is 21.6. The quantitative estimate of drug-likeness (QED) is 0.498. The molecule has 0 fully saturated rings. The number of carbonyl (C=O) groups is 1. The highest BCUT2D eigenvalue weighted by atomic mass is 16.7. The van der Waals surface area contributed by atoms with Crippen molar-refractivity contribution >= 4 is 11.9 Å². The van der Waals surface area contributed by atoms with E-state index >= 15 is 0 Å². The van der Waals surface area contributed by atoms with Crippen molar-refractivity contribution in [2.45, 2.75) is 19.9 Å². The van der Waals surface area contributed by atoms with Gasteiger partial charge >= 0.3 is 0 Å². The van der Waals surface area contributed by atoms with Crippen molar-refractivity contribution in [2.75, 3.05) is 27.2 Å². The smallest absolute Gasteiger partial charge is 0.231 e. The van der Waals surface area contributed by atoms with Gasteiger partial charge in [0.05, 0.1) is 12.7 Å². The summed E-state index contributed by atoms with van der Waals surface area (Å²) in [5.74, 6) is 3.77. The molecule has 0 aliphatic carbocycles. The predicted octanol–water partition coefficient (Wildman–Crippen LogP) is 4.74. The summed E-state index contributed by atoms with van der Waals surface area (Å²) in [5, 5.41) is 0. The highest BCUT2D eigenvalue weighted by molar-refractivity contribution is 6.15. The molecule has 7 nitrogen and oxygen atoms in total. The number of Topliss-reactive ketones (excluding diaryl/α,β-unsaturated/α-hetero) is 1. The summed E-state index contributed by atoms with van der Waals surface area (Å²) in [4.78, 5) is 15.4. The lowest BCUT2D eigenvalue weighted by Gasteiger charge is -2.30. The van der Waals surface area contributed by atoms with Gasteiger partial charge < -0.3 is 23.7 Å². The average molecular weight is 472 g/mol. The van der Waals surface area contributed by atoms with Crippen LogP contribution in [0, 0.1) is 6.92 Å². The van der Waals surface area contributed by atoms with Crippen molar-refractivity contribution in [3.05, 3.63) is 82.1 Å². The number of ether oxygens (including phenoxy) is 5. The lowest BCUT2D eigenvalue weighted by atomic mass is 9.99. The van der Waals surface area contributed by atoms with Gasteiger partial charge in [0.25, 0.3) is 0 Å². The third-order valence-electron chi connectivity index (χ3n) is 6.57. The van der Waals surface area contributed by atoms with Crippen LogP contribution in [0.3, 0.4) is 0 Å². The van der Waals surface area contributed by atoms with Crippen molar-refractivity contribution < 1.29 is 28.5 Å². The Labute approximate surface area is 203 Å². The molecule has 3 aliphatic rings. The Morgan fingerprint density at radius 2 is 1.83 bits per heavy atom. The van der Waals surface area contributed by atoms with E-state index in [2.05, 4.69) is 17.0 Å². The van der Waals surface area contributed by atoms with Crippen LogP contribution in [-0.2, 0) is 13.0 Å². The number of nitrogens with zero attached hydrogens (tertiary/aromatic N) is 1. The topological polar surface area (TPSA) is 66.5 Å². The van der Waals surface area contributed by atoms with E-state index < -0.39 is 0 Å². The first-order chi connectivity index (χ1) is 17.1. The zero-order valence-corrected chi connectivity index (χ0v) is 19.6. The van der Waals surface area contributed by atoms with Crippen molar-refractivity contribution in [2.24, 2.45) is 0 Å². The van der Waals surface area contributed by atoms with Gasteiger partial charge in [-0.1, -0.05) is 18.2 Å². The van der Waals surface area contributed by atoms with Gasteiger partial charge in [-0.15, -0.1) is 0 Å². The molecule has 0 spiro atoms. The number of ketones is 1. The number of rotatable bonds is 5. The van der Waals surface area contributed by atoms with Crippen LogP contribution in [0.2, 0.25) is 0 Å². The Hall–Kier alpha value is -3.97. The fourth-order valence-electron chi connectivity index (χ4n) is 4.67. The normalized spacial score (nSPS) is 17.1. The molecule has 0 aromatic heterocycles. The molecule has 0 N–H and O–H groups in total. The van der Waals surface area contributed by atoms with Gasteiger partial charge in [-0.3, -0.25) is 9.69 Å². The molecule has 0 unspecified atom stereocenters. The Kier molecular flexibility index (Phi) is 5.34. The molecule has 0 saturated heterocycles. The number of hydrogen-bond acceptors (Lipinski definition) is 7. The summed E-state index contributed by atoms with van der Waals surface area (Å²) < 4.78 is 28.2. The maximum absolute atomic E-state index is 13.2. The van der Waals surface area contributed by atoms with Crippen LogP contribution in [0.1, 0.15) is 32.6 Å². The summed E-state index contributed by atoms with van der Waals surface area (Å²) in [7, 11) is 1.67. The lowest BCUT2D eigenvalue weighted by molar-refractivity contribution is 0.0954. The molecule has 6 rings (SSSR count). The van der Waals surface area contributed by atoms with Crippen LogP contribution >= 0.6 is 0 Å². The second-order valence-electron chi connectivity index (χ2n) is 8.84. The summed E-state index contributed by atoms with van der Waals surface area (Å²) in [6.45, 7) is 4.21. The van der Waals surface area contributed by atoms with Gasteiger partial charge in [0.1, 0.15) is 24.0 Å². The number of fused-ring (bicyclic) bond motifs is 3. The Balaban J connectivity index is 1.20. The first-order valence-corrected chi connectivity index (χ1v) is 11.6. The summed E-state index contributed by atoms with van der Waals surface area (Å²) in [6.07, 6.45) is 2.64. The minimum Gasteiger partial charge on any atom is -0.497 e. The monoisotopic (exact) mass is 471 g/mol. The molecular formula is C28H25NO6. The molecule has 3 aliphatic heterocycles. The predicted molar refractivity (Wildman–Crippen MR) is 129 cm³/mol. The highest BCUT2D eigenvalue weighted by Crippen LogP contribution is 2.43. The molecule has 0 saturated carbocycles. The molecule has 3 heterocycles. The van der Waals surface area contributed by atoms with E-state index in [4.69, 9.17) is 23.7 Å². The van der Waals surface area contributed by atoms with E-state index in [9.17, 15) is 4.79 Å². The molecule has 3 aromatic carbocycles. The van der Waals surface area contributed by atoms with Crippen molar-refractivity contribution in [1.29, 1.82) is 0 Å². The van der Waals surface area contributed by atoms with Crippen molar-refractivity contribution in [3.63, 3.8) is 0 Å². The molecule has 0 amide bonds. The molecule has 0 bridgehead atoms. The van der Waals surface area contributed by atoms with E-state index in [0.717, 1.165) is 41.2 Å². The van der Waals surface area contributed by atoms with Crippen LogP contribution in [0.25, 0.3) is 6.08 Å². The van der Waals surface area contributed by atoms with E-state index in [1.807, 2.05) is 43.3 Å². The minimum atomic E-state index is -0.126. The third kappa shape index (κ3) is 3.98. The molecule has 0 atom stereocenters. The van der Waals surface area contributed by atoms with Crippen LogP contribution in [0.15, 0.2) is 54.3 Å². The van der Waals surface area contributed by atoms with Crippen molar-refractivity contribution in [3.8, 4) is 28.7 Å². The molecule has 3 aromatic rings. The fourth-order valence-corrected chi connectivity index (χ4v) is 4.67. The maximum atomic E-state index is 13.2. The van der Waals surface area contributed by atoms with Gasteiger partial charge in [0.2, 0.25) is 12.6 Å². The Morgan fingerprint density at radius 3 is 2.66 bits per heavy atom. The van der Waals surface area contributed by atoms with E-state index in [1.165, 1.54) is 5.56 Å². The SMILES string of the molecule is COc1ccc(CCN2COc3c(cc4c(c3C)O/C(=C\c3ccc5c(c3)OCO5)C4=O)C2)cc1. The van der Waals surface area contributed by atoms with E-state index in [-0.39, 0.29) is 12.6 Å². The average Bonchev–Trinajstić information content (AvgIpc) is 3.47. The first-order valence-electron chi connectivity index (χ1n) is 11.6. The number of benzene rings is 3. The second kappa shape index (κ2) is 8.67. The fraction of sp³-hybridized carbons (Fsp3) is 0.250. The van der Waals surface area contributed by atoms with E-state index in [0.29, 0.717) is 41.8 Å². The highest BCUT2D eigenvalue weighted by Gasteiger charge is 2.33. The lowest BCUT2D eigenvalue weighted by Crippen LogP contribution is -2.34. The molecular weight excluding hydrogens is 446 g/mol. The van der Waals surface area contributed by atoms with E-state index in [1.54, 1.807) is 13.2 Å². The van der Waals surface area contributed by atoms with Crippen molar-refractivity contribution in [1.82, 2.24) is 4.90 Å². The summed E-state index contributed by atoms with van der Waals surface area (Å²) in [6, 6.07) is 15.6. The molecule has 7 heteroatoms. The van der Waals surface area contributed by atoms with Gasteiger partial charge in [-0.05, 0) is 60.9 Å². The van der Waals surface area contributed by atoms with Crippen LogP contribution < -0.4 is 23.7 Å². The number of methoxy groups -OCH3 is 1. The number of carbonyl (C=O) groups excluding carboxylic acids is 1. The van der Waals surface area contributed by atoms with Crippen LogP contribution in [-0.4, -0.2) is 37.9 Å². The molecule has 0 radical (unpaired) electrons. The summed E-state index contributed by atoms with van der Waals surface area (Å²) >= 11 is 0. The number of allylic oxidation sites excluding steroid dienone is 1. The Bertz CT molecular complexity index is 1340. The second-order valence-corrected chi connectivity index (χ2v) is 8.84.